The molecule has 0 saturated carbocycles. The van der Waals surface area contributed by atoms with Crippen LogP contribution in [0, 0.1) is 5.41 Å². The molecule has 1 fully saturated rings. The van der Waals surface area contributed by atoms with Crippen LogP contribution in [0.4, 0.5) is 5.13 Å². The van der Waals surface area contributed by atoms with E-state index in [9.17, 15) is 9.59 Å². The van der Waals surface area contributed by atoms with Crippen LogP contribution in [0.5, 0.6) is 0 Å². The van der Waals surface area contributed by atoms with Crippen LogP contribution in [0.25, 0.3) is 0 Å². The molecule has 5 nitrogen and oxygen atoms in total. The van der Waals surface area contributed by atoms with Gasteiger partial charge >= 0.3 is 0 Å². The molecule has 1 atom stereocenters. The van der Waals surface area contributed by atoms with E-state index in [1.165, 1.54) is 11.3 Å². The molecule has 2 heterocycles. The van der Waals surface area contributed by atoms with Gasteiger partial charge in [0, 0.05) is 20.1 Å². The van der Waals surface area contributed by atoms with E-state index in [2.05, 4.69) is 10.3 Å². The van der Waals surface area contributed by atoms with Crippen LogP contribution in [0.1, 0.15) is 23.0 Å². The van der Waals surface area contributed by atoms with Crippen molar-refractivity contribution >= 4 is 40.3 Å². The van der Waals surface area contributed by atoms with Crippen molar-refractivity contribution < 1.29 is 9.59 Å². The number of anilines is 1. The number of halogens is 1. The van der Waals surface area contributed by atoms with Crippen molar-refractivity contribution in [2.45, 2.75) is 13.3 Å². The first kappa shape index (κ1) is 13.3. The summed E-state index contributed by atoms with van der Waals surface area (Å²) in [6, 6.07) is 0. The van der Waals surface area contributed by atoms with Gasteiger partial charge in [0.15, 0.2) is 16.6 Å². The SMILES string of the molecule is CNC(=O)C1(C)CCN(c2nc(Cl)c(C=O)s2)C1. The van der Waals surface area contributed by atoms with Crippen LogP contribution in [0.2, 0.25) is 5.15 Å². The van der Waals surface area contributed by atoms with Crippen LogP contribution >= 0.6 is 22.9 Å². The fourth-order valence-electron chi connectivity index (χ4n) is 2.12. The molecule has 1 amide bonds. The Hall–Kier alpha value is -1.14. The van der Waals surface area contributed by atoms with Crippen molar-refractivity contribution in [1.82, 2.24) is 10.3 Å². The highest BCUT2D eigenvalue weighted by atomic mass is 35.5. The molecule has 1 saturated heterocycles. The van der Waals surface area contributed by atoms with E-state index < -0.39 is 5.41 Å². The smallest absolute Gasteiger partial charge is 0.227 e. The van der Waals surface area contributed by atoms with Crippen molar-refractivity contribution in [1.29, 1.82) is 0 Å². The molecule has 0 bridgehead atoms. The molecule has 1 aromatic rings. The Morgan fingerprint density at radius 3 is 2.94 bits per heavy atom. The second-order valence-corrected chi connectivity index (χ2v) is 5.95. The molecule has 0 aromatic carbocycles. The molecule has 1 aromatic heterocycles. The molecule has 7 heteroatoms. The minimum Gasteiger partial charge on any atom is -0.359 e. The van der Waals surface area contributed by atoms with Gasteiger partial charge < -0.3 is 10.2 Å². The average Bonchev–Trinajstić information content (AvgIpc) is 2.92. The minimum absolute atomic E-state index is 0.0308. The van der Waals surface area contributed by atoms with E-state index in [0.717, 1.165) is 13.0 Å². The summed E-state index contributed by atoms with van der Waals surface area (Å²) in [5.74, 6) is 0.0308. The molecule has 98 valence electrons. The Bertz CT molecular complexity index is 491. The van der Waals surface area contributed by atoms with Crippen LogP contribution < -0.4 is 10.2 Å². The third kappa shape index (κ3) is 2.22. The van der Waals surface area contributed by atoms with Gasteiger partial charge in [-0.15, -0.1) is 0 Å². The van der Waals surface area contributed by atoms with E-state index in [4.69, 9.17) is 11.6 Å². The number of nitrogens with one attached hydrogen (secondary N) is 1. The molecular weight excluding hydrogens is 274 g/mol. The number of hydrogen-bond donors (Lipinski definition) is 1. The molecule has 1 N–H and O–H groups in total. The molecule has 0 radical (unpaired) electrons. The Balaban J connectivity index is 2.17. The number of aromatic nitrogens is 1. The molecule has 0 spiro atoms. The number of aldehydes is 1. The van der Waals surface area contributed by atoms with E-state index in [1.54, 1.807) is 7.05 Å². The summed E-state index contributed by atoms with van der Waals surface area (Å²) in [5.41, 5.74) is -0.408. The first-order valence-corrected chi connectivity index (χ1v) is 6.78. The number of nitrogens with zero attached hydrogens (tertiary/aromatic N) is 2. The van der Waals surface area contributed by atoms with E-state index >= 15 is 0 Å². The summed E-state index contributed by atoms with van der Waals surface area (Å²) in [6.07, 6.45) is 1.47. The third-order valence-corrected chi connectivity index (χ3v) is 4.67. The zero-order valence-corrected chi connectivity index (χ0v) is 11.8. The Kier molecular flexibility index (Phi) is 3.59. The Labute approximate surface area is 114 Å². The summed E-state index contributed by atoms with van der Waals surface area (Å²) in [5, 5.41) is 3.62. The predicted molar refractivity (Wildman–Crippen MR) is 71.5 cm³/mol. The van der Waals surface area contributed by atoms with Gasteiger partial charge in [0.25, 0.3) is 0 Å². The lowest BCUT2D eigenvalue weighted by molar-refractivity contribution is -0.128. The van der Waals surface area contributed by atoms with Gasteiger partial charge in [-0.2, -0.15) is 0 Å². The van der Waals surface area contributed by atoms with Gasteiger partial charge in [0.2, 0.25) is 5.91 Å². The Morgan fingerprint density at radius 2 is 2.39 bits per heavy atom. The average molecular weight is 288 g/mol. The normalized spacial score (nSPS) is 23.2. The van der Waals surface area contributed by atoms with Gasteiger partial charge in [-0.3, -0.25) is 9.59 Å². The van der Waals surface area contributed by atoms with E-state index in [0.29, 0.717) is 22.8 Å². The number of carbonyl (C=O) groups excluding carboxylic acids is 2. The van der Waals surface area contributed by atoms with Gasteiger partial charge in [-0.05, 0) is 13.3 Å². The van der Waals surface area contributed by atoms with Gasteiger partial charge in [-0.1, -0.05) is 22.9 Å². The quantitative estimate of drug-likeness (QED) is 0.857. The van der Waals surface area contributed by atoms with Gasteiger partial charge in [0.05, 0.1) is 5.41 Å². The number of hydrogen-bond acceptors (Lipinski definition) is 5. The molecule has 2 rings (SSSR count). The first-order valence-electron chi connectivity index (χ1n) is 5.59. The van der Waals surface area contributed by atoms with Crippen molar-refractivity contribution in [3.63, 3.8) is 0 Å². The molecule has 1 aliphatic rings. The summed E-state index contributed by atoms with van der Waals surface area (Å²) in [7, 11) is 1.64. The zero-order chi connectivity index (χ0) is 13.3. The number of rotatable bonds is 3. The van der Waals surface area contributed by atoms with Gasteiger partial charge in [0.1, 0.15) is 4.88 Å². The minimum atomic E-state index is -0.408. The summed E-state index contributed by atoms with van der Waals surface area (Å²) < 4.78 is 0. The molecule has 1 unspecified atom stereocenters. The maximum Gasteiger partial charge on any atom is 0.227 e. The topological polar surface area (TPSA) is 62.3 Å². The second-order valence-electron chi connectivity index (χ2n) is 4.58. The molecule has 18 heavy (non-hydrogen) atoms. The van der Waals surface area contributed by atoms with Crippen molar-refractivity contribution in [2.24, 2.45) is 5.41 Å². The lowest BCUT2D eigenvalue weighted by Crippen LogP contribution is -2.39. The highest BCUT2D eigenvalue weighted by Gasteiger charge is 2.40. The fourth-order valence-corrected chi connectivity index (χ4v) is 3.21. The predicted octanol–water partition coefficient (Wildman–Crippen LogP) is 1.57. The monoisotopic (exact) mass is 287 g/mol. The van der Waals surface area contributed by atoms with E-state index in [-0.39, 0.29) is 11.1 Å². The molecule has 0 aliphatic carbocycles. The largest absolute Gasteiger partial charge is 0.359 e. The maximum absolute atomic E-state index is 11.8. The van der Waals surface area contributed by atoms with Crippen molar-refractivity contribution in [3.8, 4) is 0 Å². The molecular formula is C11H14ClN3O2S. The highest BCUT2D eigenvalue weighted by Crippen LogP contribution is 2.36. The van der Waals surface area contributed by atoms with Gasteiger partial charge in [-0.25, -0.2) is 4.98 Å². The highest BCUT2D eigenvalue weighted by molar-refractivity contribution is 7.17. The lowest BCUT2D eigenvalue weighted by atomic mass is 9.89. The number of amides is 1. The number of thiazole rings is 1. The lowest BCUT2D eigenvalue weighted by Gasteiger charge is -2.22. The fraction of sp³-hybridized carbons (Fsp3) is 0.545. The van der Waals surface area contributed by atoms with Crippen LogP contribution in [-0.2, 0) is 4.79 Å². The summed E-state index contributed by atoms with van der Waals surface area (Å²) in [4.78, 5) is 29.1. The number of carbonyl (C=O) groups is 2. The van der Waals surface area contributed by atoms with Crippen molar-refractivity contribution in [3.05, 3.63) is 10.0 Å². The van der Waals surface area contributed by atoms with Crippen LogP contribution in [0.15, 0.2) is 0 Å². The second kappa shape index (κ2) is 4.85. The third-order valence-electron chi connectivity index (χ3n) is 3.22. The Morgan fingerprint density at radius 1 is 1.67 bits per heavy atom. The summed E-state index contributed by atoms with van der Waals surface area (Å²) >= 11 is 7.11. The van der Waals surface area contributed by atoms with E-state index in [1.807, 2.05) is 11.8 Å². The first-order chi connectivity index (χ1) is 8.50. The van der Waals surface area contributed by atoms with Crippen LogP contribution in [0.3, 0.4) is 0 Å². The van der Waals surface area contributed by atoms with Crippen LogP contribution in [-0.4, -0.2) is 37.3 Å². The maximum atomic E-state index is 11.8. The standard InChI is InChI=1S/C11H14ClN3O2S/c1-11(9(17)13-2)3-4-15(6-11)10-14-8(12)7(5-16)18-10/h5H,3-4,6H2,1-2H3,(H,13,17). The summed E-state index contributed by atoms with van der Waals surface area (Å²) in [6.45, 7) is 3.27. The van der Waals surface area contributed by atoms with Crippen molar-refractivity contribution in [2.75, 3.05) is 25.0 Å². The molecule has 1 aliphatic heterocycles. The zero-order valence-electron chi connectivity index (χ0n) is 10.2.